The Bertz CT molecular complexity index is 246. The second-order valence-electron chi connectivity index (χ2n) is 3.97. The number of carboxylic acids is 1. The molecule has 0 aromatic heterocycles. The fourth-order valence-corrected chi connectivity index (χ4v) is 1.35. The summed E-state index contributed by atoms with van der Waals surface area (Å²) >= 11 is 0. The van der Waals surface area contributed by atoms with E-state index in [1.54, 1.807) is 7.11 Å². The lowest BCUT2D eigenvalue weighted by Gasteiger charge is -2.21. The van der Waals surface area contributed by atoms with Crippen molar-refractivity contribution in [2.24, 2.45) is 5.92 Å². The lowest BCUT2D eigenvalue weighted by Crippen LogP contribution is -2.42. The normalized spacial score (nSPS) is 11.9. The summed E-state index contributed by atoms with van der Waals surface area (Å²) in [7, 11) is 1.61. The van der Waals surface area contributed by atoms with Crippen molar-refractivity contribution >= 4 is 12.0 Å². The lowest BCUT2D eigenvalue weighted by molar-refractivity contribution is -0.137. The number of ether oxygens (including phenoxy) is 1. The number of methoxy groups -OCH3 is 1. The maximum Gasteiger partial charge on any atom is 0.317 e. The first-order valence-corrected chi connectivity index (χ1v) is 5.74. The van der Waals surface area contributed by atoms with Crippen molar-refractivity contribution in [1.29, 1.82) is 0 Å². The molecule has 2 amide bonds. The van der Waals surface area contributed by atoms with Crippen LogP contribution in [0.1, 0.15) is 20.3 Å². The minimum Gasteiger partial charge on any atom is -0.481 e. The molecule has 0 spiro atoms. The Kier molecular flexibility index (Phi) is 8.13. The molecule has 0 bridgehead atoms. The van der Waals surface area contributed by atoms with Crippen LogP contribution in [0, 0.1) is 5.92 Å². The smallest absolute Gasteiger partial charge is 0.317 e. The first-order chi connectivity index (χ1) is 8.01. The van der Waals surface area contributed by atoms with E-state index in [4.69, 9.17) is 9.84 Å². The zero-order valence-corrected chi connectivity index (χ0v) is 10.7. The van der Waals surface area contributed by atoms with Crippen LogP contribution in [-0.2, 0) is 9.53 Å². The molecule has 17 heavy (non-hydrogen) atoms. The Morgan fingerprint density at radius 1 is 1.47 bits per heavy atom. The number of carbonyl (C=O) groups is 2. The minimum absolute atomic E-state index is 0.0329. The van der Waals surface area contributed by atoms with Crippen LogP contribution in [0.2, 0.25) is 0 Å². The second kappa shape index (κ2) is 8.81. The van der Waals surface area contributed by atoms with Gasteiger partial charge in [0.05, 0.1) is 13.0 Å². The maximum atomic E-state index is 11.7. The fraction of sp³-hybridized carbons (Fsp3) is 0.818. The standard InChI is InChI=1S/C11H22N2O4/c1-4-13(6-5-10(14)15)11(16)12-7-9(2)8-17-3/h9H,4-8H2,1-3H3,(H,12,16)(H,14,15). The van der Waals surface area contributed by atoms with Gasteiger partial charge in [-0.15, -0.1) is 0 Å². The molecule has 100 valence electrons. The van der Waals surface area contributed by atoms with E-state index in [1.807, 2.05) is 13.8 Å². The highest BCUT2D eigenvalue weighted by Gasteiger charge is 2.13. The molecular formula is C11H22N2O4. The quantitative estimate of drug-likeness (QED) is 0.663. The van der Waals surface area contributed by atoms with Gasteiger partial charge in [0, 0.05) is 26.7 Å². The monoisotopic (exact) mass is 246 g/mol. The largest absolute Gasteiger partial charge is 0.481 e. The van der Waals surface area contributed by atoms with Gasteiger partial charge < -0.3 is 20.1 Å². The number of amides is 2. The van der Waals surface area contributed by atoms with Crippen LogP contribution in [0.3, 0.4) is 0 Å². The van der Waals surface area contributed by atoms with Gasteiger partial charge in [0.25, 0.3) is 0 Å². The average Bonchev–Trinajstić information content (AvgIpc) is 2.27. The molecule has 6 heteroatoms. The molecular weight excluding hydrogens is 224 g/mol. The van der Waals surface area contributed by atoms with Crippen LogP contribution in [0.25, 0.3) is 0 Å². The summed E-state index contributed by atoms with van der Waals surface area (Å²) < 4.78 is 4.96. The number of carbonyl (C=O) groups excluding carboxylic acids is 1. The van der Waals surface area contributed by atoms with Crippen molar-refractivity contribution in [3.63, 3.8) is 0 Å². The van der Waals surface area contributed by atoms with Gasteiger partial charge >= 0.3 is 12.0 Å². The highest BCUT2D eigenvalue weighted by atomic mass is 16.5. The summed E-state index contributed by atoms with van der Waals surface area (Å²) in [4.78, 5) is 23.6. The molecule has 0 aliphatic rings. The Hall–Kier alpha value is -1.30. The molecule has 0 aliphatic heterocycles. The molecule has 1 atom stereocenters. The molecule has 6 nitrogen and oxygen atoms in total. The summed E-state index contributed by atoms with van der Waals surface area (Å²) in [5, 5.41) is 11.3. The Labute approximate surface area is 102 Å². The molecule has 0 fully saturated rings. The van der Waals surface area contributed by atoms with Crippen molar-refractivity contribution in [1.82, 2.24) is 10.2 Å². The van der Waals surface area contributed by atoms with Crippen LogP contribution in [0.15, 0.2) is 0 Å². The lowest BCUT2D eigenvalue weighted by atomic mass is 10.2. The average molecular weight is 246 g/mol. The molecule has 0 saturated carbocycles. The minimum atomic E-state index is -0.899. The first-order valence-electron chi connectivity index (χ1n) is 5.74. The van der Waals surface area contributed by atoms with Crippen LogP contribution in [0.4, 0.5) is 4.79 Å². The number of hydrogen-bond donors (Lipinski definition) is 2. The van der Waals surface area contributed by atoms with E-state index in [0.29, 0.717) is 19.7 Å². The SMILES string of the molecule is CCN(CCC(=O)O)C(=O)NCC(C)COC. The van der Waals surface area contributed by atoms with E-state index in [9.17, 15) is 9.59 Å². The predicted octanol–water partition coefficient (Wildman–Crippen LogP) is 0.775. The topological polar surface area (TPSA) is 78.9 Å². The number of hydrogen-bond acceptors (Lipinski definition) is 3. The number of aliphatic carboxylic acids is 1. The fourth-order valence-electron chi connectivity index (χ4n) is 1.35. The zero-order chi connectivity index (χ0) is 13.3. The maximum absolute atomic E-state index is 11.7. The molecule has 0 aromatic rings. The molecule has 1 unspecified atom stereocenters. The van der Waals surface area contributed by atoms with Gasteiger partial charge in [0.2, 0.25) is 0 Å². The second-order valence-corrected chi connectivity index (χ2v) is 3.97. The summed E-state index contributed by atoms with van der Waals surface area (Å²) in [5.41, 5.74) is 0. The summed E-state index contributed by atoms with van der Waals surface area (Å²) in [5.74, 6) is -0.661. The highest BCUT2D eigenvalue weighted by molar-refractivity contribution is 5.75. The molecule has 0 aliphatic carbocycles. The first kappa shape index (κ1) is 15.7. The number of urea groups is 1. The van der Waals surface area contributed by atoms with Crippen molar-refractivity contribution in [2.75, 3.05) is 33.4 Å². The molecule has 0 radical (unpaired) electrons. The van der Waals surface area contributed by atoms with Gasteiger partial charge in [-0.05, 0) is 12.8 Å². The van der Waals surface area contributed by atoms with Crippen molar-refractivity contribution in [2.45, 2.75) is 20.3 Å². The summed E-state index contributed by atoms with van der Waals surface area (Å²) in [6.45, 7) is 5.63. The number of nitrogens with zero attached hydrogens (tertiary/aromatic N) is 1. The van der Waals surface area contributed by atoms with Crippen LogP contribution >= 0.6 is 0 Å². The van der Waals surface area contributed by atoms with E-state index in [0.717, 1.165) is 0 Å². The predicted molar refractivity (Wildman–Crippen MR) is 63.9 cm³/mol. The molecule has 0 aromatic carbocycles. The Morgan fingerprint density at radius 2 is 2.12 bits per heavy atom. The van der Waals surface area contributed by atoms with Gasteiger partial charge in [0.1, 0.15) is 0 Å². The number of nitrogens with one attached hydrogen (secondary N) is 1. The van der Waals surface area contributed by atoms with Gasteiger partial charge in [-0.2, -0.15) is 0 Å². The highest BCUT2D eigenvalue weighted by Crippen LogP contribution is 1.96. The van der Waals surface area contributed by atoms with E-state index in [-0.39, 0.29) is 24.9 Å². The van der Waals surface area contributed by atoms with Crippen LogP contribution in [0.5, 0.6) is 0 Å². The molecule has 0 saturated heterocycles. The van der Waals surface area contributed by atoms with E-state index < -0.39 is 5.97 Å². The third-order valence-corrected chi connectivity index (χ3v) is 2.32. The Balaban J connectivity index is 3.95. The molecule has 0 rings (SSSR count). The van der Waals surface area contributed by atoms with Crippen LogP contribution < -0.4 is 5.32 Å². The summed E-state index contributed by atoms with van der Waals surface area (Å²) in [6.07, 6.45) is -0.0329. The molecule has 0 heterocycles. The zero-order valence-electron chi connectivity index (χ0n) is 10.7. The number of rotatable bonds is 8. The van der Waals surface area contributed by atoms with E-state index in [1.165, 1.54) is 4.90 Å². The number of carboxylic acid groups (broad SMARTS) is 1. The van der Waals surface area contributed by atoms with Gasteiger partial charge in [-0.25, -0.2) is 4.79 Å². The van der Waals surface area contributed by atoms with Crippen molar-refractivity contribution < 1.29 is 19.4 Å². The van der Waals surface area contributed by atoms with E-state index in [2.05, 4.69) is 5.32 Å². The third-order valence-electron chi connectivity index (χ3n) is 2.32. The van der Waals surface area contributed by atoms with Gasteiger partial charge in [-0.1, -0.05) is 6.92 Å². The Morgan fingerprint density at radius 3 is 2.59 bits per heavy atom. The van der Waals surface area contributed by atoms with Gasteiger partial charge in [-0.3, -0.25) is 4.79 Å². The molecule has 2 N–H and O–H groups in total. The third kappa shape index (κ3) is 7.57. The van der Waals surface area contributed by atoms with E-state index >= 15 is 0 Å². The van der Waals surface area contributed by atoms with Crippen molar-refractivity contribution in [3.8, 4) is 0 Å². The van der Waals surface area contributed by atoms with Gasteiger partial charge in [0.15, 0.2) is 0 Å². The van der Waals surface area contributed by atoms with Crippen LogP contribution in [-0.4, -0.2) is 55.4 Å². The summed E-state index contributed by atoms with van der Waals surface area (Å²) in [6, 6.07) is -0.225. The van der Waals surface area contributed by atoms with Crippen molar-refractivity contribution in [3.05, 3.63) is 0 Å².